The topological polar surface area (TPSA) is 55.8 Å². The van der Waals surface area contributed by atoms with Crippen molar-refractivity contribution >= 4 is 6.16 Å². The summed E-state index contributed by atoms with van der Waals surface area (Å²) in [5.41, 5.74) is 3.78. The SMILES string of the molecule is COc1ccc(OC(=O)O)c(-c2ccc(C(C)(C)c3ccccc3)cc2)c1. The molecular weight excluding hydrogens is 340 g/mol. The maximum Gasteiger partial charge on any atom is 0.511 e. The average Bonchev–Trinajstić information content (AvgIpc) is 2.68. The van der Waals surface area contributed by atoms with E-state index in [2.05, 4.69) is 38.1 Å². The van der Waals surface area contributed by atoms with Gasteiger partial charge in [-0.15, -0.1) is 0 Å². The van der Waals surface area contributed by atoms with Gasteiger partial charge in [-0.25, -0.2) is 4.79 Å². The Morgan fingerprint density at radius 3 is 2.11 bits per heavy atom. The molecular formula is C23H22O4. The molecule has 1 N–H and O–H groups in total. The number of carboxylic acid groups (broad SMARTS) is 1. The van der Waals surface area contributed by atoms with E-state index in [1.54, 1.807) is 25.3 Å². The standard InChI is InChI=1S/C23H22O4/c1-23(2,17-7-5-4-6-8-17)18-11-9-16(10-12-18)20-15-19(26-3)13-14-21(20)27-22(24)25/h4-15H,1-3H3,(H,24,25). The summed E-state index contributed by atoms with van der Waals surface area (Å²) in [6.07, 6.45) is -1.34. The largest absolute Gasteiger partial charge is 0.511 e. The van der Waals surface area contributed by atoms with E-state index < -0.39 is 6.16 Å². The third kappa shape index (κ3) is 3.95. The predicted molar refractivity (Wildman–Crippen MR) is 106 cm³/mol. The lowest BCUT2D eigenvalue weighted by atomic mass is 9.78. The molecule has 0 aliphatic carbocycles. The van der Waals surface area contributed by atoms with Gasteiger partial charge in [0, 0.05) is 11.0 Å². The van der Waals surface area contributed by atoms with Crippen LogP contribution in [0.4, 0.5) is 4.79 Å². The van der Waals surface area contributed by atoms with Gasteiger partial charge < -0.3 is 14.6 Å². The molecule has 27 heavy (non-hydrogen) atoms. The van der Waals surface area contributed by atoms with E-state index in [0.717, 1.165) is 5.56 Å². The average molecular weight is 362 g/mol. The number of benzene rings is 3. The molecule has 0 heterocycles. The first-order valence-corrected chi connectivity index (χ1v) is 8.67. The normalized spacial score (nSPS) is 11.1. The molecule has 138 valence electrons. The molecule has 3 aromatic rings. The van der Waals surface area contributed by atoms with Crippen LogP contribution in [0.1, 0.15) is 25.0 Å². The number of methoxy groups -OCH3 is 1. The lowest BCUT2D eigenvalue weighted by Crippen LogP contribution is -2.18. The molecule has 0 aliphatic heterocycles. The van der Waals surface area contributed by atoms with Crippen molar-refractivity contribution in [3.05, 3.63) is 83.9 Å². The highest BCUT2D eigenvalue weighted by Gasteiger charge is 2.23. The van der Waals surface area contributed by atoms with Gasteiger partial charge in [-0.3, -0.25) is 0 Å². The predicted octanol–water partition coefficient (Wildman–Crippen LogP) is 5.74. The first-order chi connectivity index (χ1) is 12.9. The van der Waals surface area contributed by atoms with Gasteiger partial charge in [0.15, 0.2) is 0 Å². The minimum Gasteiger partial charge on any atom is -0.497 e. The minimum absolute atomic E-state index is 0.144. The summed E-state index contributed by atoms with van der Waals surface area (Å²) in [6, 6.07) is 23.5. The zero-order chi connectivity index (χ0) is 19.4. The molecule has 4 nitrogen and oxygen atoms in total. The van der Waals surface area contributed by atoms with Crippen molar-refractivity contribution in [2.75, 3.05) is 7.11 Å². The highest BCUT2D eigenvalue weighted by molar-refractivity contribution is 5.75. The summed E-state index contributed by atoms with van der Waals surface area (Å²) < 4.78 is 10.2. The Morgan fingerprint density at radius 1 is 0.889 bits per heavy atom. The maximum absolute atomic E-state index is 11.0. The van der Waals surface area contributed by atoms with Gasteiger partial charge in [-0.1, -0.05) is 68.4 Å². The van der Waals surface area contributed by atoms with E-state index in [4.69, 9.17) is 14.6 Å². The van der Waals surface area contributed by atoms with Gasteiger partial charge in [-0.05, 0) is 34.9 Å². The molecule has 0 bridgehead atoms. The summed E-state index contributed by atoms with van der Waals surface area (Å²) in [7, 11) is 1.57. The Morgan fingerprint density at radius 2 is 1.52 bits per heavy atom. The number of ether oxygens (including phenoxy) is 2. The van der Waals surface area contributed by atoms with Crippen LogP contribution in [0.3, 0.4) is 0 Å². The van der Waals surface area contributed by atoms with Gasteiger partial charge in [-0.2, -0.15) is 0 Å². The molecule has 0 saturated carbocycles. The van der Waals surface area contributed by atoms with E-state index in [1.807, 2.05) is 30.3 Å². The molecule has 0 amide bonds. The fraction of sp³-hybridized carbons (Fsp3) is 0.174. The van der Waals surface area contributed by atoms with E-state index in [-0.39, 0.29) is 11.2 Å². The lowest BCUT2D eigenvalue weighted by Gasteiger charge is -2.26. The van der Waals surface area contributed by atoms with Crippen molar-refractivity contribution in [3.8, 4) is 22.6 Å². The van der Waals surface area contributed by atoms with Gasteiger partial charge in [0.05, 0.1) is 7.11 Å². The first-order valence-electron chi connectivity index (χ1n) is 8.67. The van der Waals surface area contributed by atoms with Crippen LogP contribution >= 0.6 is 0 Å². The minimum atomic E-state index is -1.34. The maximum atomic E-state index is 11.0. The summed E-state index contributed by atoms with van der Waals surface area (Å²) in [6.45, 7) is 4.36. The number of hydrogen-bond donors (Lipinski definition) is 1. The number of hydrogen-bond acceptors (Lipinski definition) is 3. The molecule has 3 aromatic carbocycles. The molecule has 0 aliphatic rings. The van der Waals surface area contributed by atoms with Crippen molar-refractivity contribution in [3.63, 3.8) is 0 Å². The van der Waals surface area contributed by atoms with Crippen molar-refractivity contribution in [1.29, 1.82) is 0 Å². The Balaban J connectivity index is 1.99. The summed E-state index contributed by atoms with van der Waals surface area (Å²) in [5, 5.41) is 8.99. The van der Waals surface area contributed by atoms with Crippen LogP contribution in [0.25, 0.3) is 11.1 Å². The molecule has 0 atom stereocenters. The fourth-order valence-electron chi connectivity index (χ4n) is 3.13. The molecule has 0 saturated heterocycles. The molecule has 0 radical (unpaired) electrons. The molecule has 0 spiro atoms. The Labute approximate surface area is 159 Å². The summed E-state index contributed by atoms with van der Waals surface area (Å²) >= 11 is 0. The smallest absolute Gasteiger partial charge is 0.497 e. The van der Waals surface area contributed by atoms with Crippen LogP contribution < -0.4 is 9.47 Å². The molecule has 0 unspecified atom stereocenters. The van der Waals surface area contributed by atoms with E-state index >= 15 is 0 Å². The monoisotopic (exact) mass is 362 g/mol. The van der Waals surface area contributed by atoms with Crippen LogP contribution in [0.2, 0.25) is 0 Å². The van der Waals surface area contributed by atoms with E-state index in [1.165, 1.54) is 11.1 Å². The van der Waals surface area contributed by atoms with Gasteiger partial charge in [0.2, 0.25) is 0 Å². The highest BCUT2D eigenvalue weighted by Crippen LogP contribution is 2.36. The second-order valence-electron chi connectivity index (χ2n) is 6.80. The van der Waals surface area contributed by atoms with Crippen molar-refractivity contribution in [2.24, 2.45) is 0 Å². The fourth-order valence-corrected chi connectivity index (χ4v) is 3.13. The summed E-state index contributed by atoms with van der Waals surface area (Å²) in [5.74, 6) is 0.912. The first kappa shape index (κ1) is 18.5. The lowest BCUT2D eigenvalue weighted by molar-refractivity contribution is 0.144. The second kappa shape index (κ2) is 7.54. The molecule has 3 rings (SSSR count). The number of rotatable bonds is 5. The van der Waals surface area contributed by atoms with Gasteiger partial charge in [0.25, 0.3) is 0 Å². The Hall–Kier alpha value is -3.27. The zero-order valence-electron chi connectivity index (χ0n) is 15.6. The third-order valence-corrected chi connectivity index (χ3v) is 4.80. The summed E-state index contributed by atoms with van der Waals surface area (Å²) in [4.78, 5) is 11.0. The van der Waals surface area contributed by atoms with Crippen molar-refractivity contribution in [2.45, 2.75) is 19.3 Å². The Bertz CT molecular complexity index is 928. The van der Waals surface area contributed by atoms with Crippen molar-refractivity contribution < 1.29 is 19.4 Å². The Kier molecular flexibility index (Phi) is 5.17. The zero-order valence-corrected chi connectivity index (χ0v) is 15.6. The molecule has 0 aromatic heterocycles. The van der Waals surface area contributed by atoms with Crippen LogP contribution in [-0.4, -0.2) is 18.4 Å². The molecule has 0 fully saturated rings. The molecule has 4 heteroatoms. The van der Waals surface area contributed by atoms with Gasteiger partial charge >= 0.3 is 6.16 Å². The quantitative estimate of drug-likeness (QED) is 0.464. The van der Waals surface area contributed by atoms with E-state index in [9.17, 15) is 4.79 Å². The number of carbonyl (C=O) groups is 1. The second-order valence-corrected chi connectivity index (χ2v) is 6.80. The van der Waals surface area contributed by atoms with Crippen LogP contribution in [-0.2, 0) is 5.41 Å². The van der Waals surface area contributed by atoms with E-state index in [0.29, 0.717) is 11.3 Å². The van der Waals surface area contributed by atoms with Crippen molar-refractivity contribution in [1.82, 2.24) is 0 Å². The highest BCUT2D eigenvalue weighted by atomic mass is 16.7. The third-order valence-electron chi connectivity index (χ3n) is 4.80. The van der Waals surface area contributed by atoms with Crippen LogP contribution in [0.15, 0.2) is 72.8 Å². The van der Waals surface area contributed by atoms with Crippen LogP contribution in [0, 0.1) is 0 Å². The van der Waals surface area contributed by atoms with Crippen LogP contribution in [0.5, 0.6) is 11.5 Å². The van der Waals surface area contributed by atoms with Gasteiger partial charge in [0.1, 0.15) is 11.5 Å².